The van der Waals surface area contributed by atoms with Gasteiger partial charge in [-0.25, -0.2) is 4.98 Å². The molecule has 5 rings (SSSR count). The zero-order valence-electron chi connectivity index (χ0n) is 16.0. The van der Waals surface area contributed by atoms with E-state index in [1.165, 1.54) is 0 Å². The number of aromatic amines is 1. The van der Waals surface area contributed by atoms with Crippen molar-refractivity contribution in [2.24, 2.45) is 0 Å². The van der Waals surface area contributed by atoms with E-state index in [0.717, 1.165) is 33.7 Å². The van der Waals surface area contributed by atoms with Crippen molar-refractivity contribution in [3.8, 4) is 0 Å². The van der Waals surface area contributed by atoms with Crippen LogP contribution in [0.25, 0.3) is 11.0 Å². The molecule has 0 unspecified atom stereocenters. The van der Waals surface area contributed by atoms with Crippen LogP contribution >= 0.6 is 0 Å². The fourth-order valence-electron chi connectivity index (χ4n) is 3.93. The Morgan fingerprint density at radius 2 is 2.00 bits per heavy atom. The average molecular weight is 386 g/mol. The minimum Gasteiger partial charge on any atom is -0.460 e. The number of hydrogen-bond acceptors (Lipinski definition) is 4. The molecule has 0 fully saturated rings. The molecule has 0 saturated carbocycles. The van der Waals surface area contributed by atoms with E-state index in [9.17, 15) is 4.79 Å². The van der Waals surface area contributed by atoms with E-state index in [0.29, 0.717) is 26.1 Å². The molecule has 3 heterocycles. The molecule has 0 saturated heterocycles. The van der Waals surface area contributed by atoms with Crippen LogP contribution in [0.2, 0.25) is 0 Å². The van der Waals surface area contributed by atoms with Crippen LogP contribution in [0.5, 0.6) is 0 Å². The van der Waals surface area contributed by atoms with Crippen LogP contribution in [0.4, 0.5) is 0 Å². The molecule has 2 aromatic heterocycles. The molecule has 0 spiro atoms. The number of fused-ring (bicyclic) bond motifs is 2. The standard InChI is InChI=1S/C23H22N4O2/c28-23(24-12-16-6-2-1-3-7-16)21-11-19-20(26-15-25-19)14-27(21)13-18-10-17-8-4-5-9-22(17)29-18/h1-10,15,21H,11-14H2,(H,24,28)(H,25,26)/t21-/m0/s1. The number of rotatable bonds is 5. The SMILES string of the molecule is O=C(NCc1ccccc1)[C@@H]1Cc2nc[nH]c2CN1Cc1cc2ccccc2o1. The van der Waals surface area contributed by atoms with Crippen molar-refractivity contribution in [2.45, 2.75) is 32.1 Å². The monoisotopic (exact) mass is 386 g/mol. The molecule has 0 radical (unpaired) electrons. The Balaban J connectivity index is 1.36. The van der Waals surface area contributed by atoms with Gasteiger partial charge >= 0.3 is 0 Å². The maximum atomic E-state index is 13.1. The molecule has 4 aromatic rings. The number of hydrogen-bond donors (Lipinski definition) is 2. The van der Waals surface area contributed by atoms with E-state index in [1.807, 2.05) is 54.6 Å². The summed E-state index contributed by atoms with van der Waals surface area (Å²) in [5.41, 5.74) is 3.98. The number of nitrogens with one attached hydrogen (secondary N) is 2. The molecular formula is C23H22N4O2. The third kappa shape index (κ3) is 3.67. The summed E-state index contributed by atoms with van der Waals surface area (Å²) < 4.78 is 6.00. The number of para-hydroxylation sites is 1. The molecule has 0 aliphatic carbocycles. The second-order valence-electron chi connectivity index (χ2n) is 7.41. The fraction of sp³-hybridized carbons (Fsp3) is 0.217. The maximum absolute atomic E-state index is 13.1. The minimum atomic E-state index is -0.289. The number of amides is 1. The smallest absolute Gasteiger partial charge is 0.238 e. The summed E-state index contributed by atoms with van der Waals surface area (Å²) in [6, 6.07) is 19.7. The topological polar surface area (TPSA) is 74.2 Å². The average Bonchev–Trinajstić information content (AvgIpc) is 3.38. The summed E-state index contributed by atoms with van der Waals surface area (Å²) in [5, 5.41) is 4.16. The van der Waals surface area contributed by atoms with E-state index in [1.54, 1.807) is 6.33 Å². The second-order valence-corrected chi connectivity index (χ2v) is 7.41. The van der Waals surface area contributed by atoms with Crippen molar-refractivity contribution in [3.05, 3.63) is 89.7 Å². The van der Waals surface area contributed by atoms with Crippen LogP contribution in [0, 0.1) is 0 Å². The Morgan fingerprint density at radius 1 is 1.17 bits per heavy atom. The lowest BCUT2D eigenvalue weighted by atomic mass is 10.0. The number of nitrogens with zero attached hydrogens (tertiary/aromatic N) is 2. The summed E-state index contributed by atoms with van der Waals surface area (Å²) >= 11 is 0. The summed E-state index contributed by atoms with van der Waals surface area (Å²) in [7, 11) is 0. The predicted octanol–water partition coefficient (Wildman–Crippen LogP) is 3.40. The zero-order chi connectivity index (χ0) is 19.6. The van der Waals surface area contributed by atoms with Gasteiger partial charge in [0.25, 0.3) is 0 Å². The number of carbonyl (C=O) groups excluding carboxylic acids is 1. The van der Waals surface area contributed by atoms with Crippen molar-refractivity contribution in [2.75, 3.05) is 0 Å². The third-order valence-corrected chi connectivity index (χ3v) is 5.44. The van der Waals surface area contributed by atoms with Gasteiger partial charge in [-0.15, -0.1) is 0 Å². The summed E-state index contributed by atoms with van der Waals surface area (Å²) in [6.45, 7) is 1.72. The number of H-pyrrole nitrogens is 1. The first kappa shape index (κ1) is 17.7. The largest absolute Gasteiger partial charge is 0.460 e. The lowest BCUT2D eigenvalue weighted by molar-refractivity contribution is -0.127. The van der Waals surface area contributed by atoms with E-state index in [2.05, 4.69) is 26.3 Å². The molecule has 1 aliphatic rings. The first-order valence-corrected chi connectivity index (χ1v) is 9.80. The lowest BCUT2D eigenvalue weighted by Gasteiger charge is -2.33. The molecule has 1 amide bonds. The van der Waals surface area contributed by atoms with Gasteiger partial charge in [-0.3, -0.25) is 9.69 Å². The van der Waals surface area contributed by atoms with E-state index < -0.39 is 0 Å². The third-order valence-electron chi connectivity index (χ3n) is 5.44. The van der Waals surface area contributed by atoms with Crippen molar-refractivity contribution in [3.63, 3.8) is 0 Å². The Hall–Kier alpha value is -3.38. The van der Waals surface area contributed by atoms with Gasteiger partial charge in [-0.2, -0.15) is 0 Å². The molecule has 1 aliphatic heterocycles. The van der Waals surface area contributed by atoms with Crippen LogP contribution in [0.1, 0.15) is 22.7 Å². The van der Waals surface area contributed by atoms with Crippen LogP contribution in [-0.4, -0.2) is 26.8 Å². The van der Waals surface area contributed by atoms with Crippen molar-refractivity contribution >= 4 is 16.9 Å². The minimum absolute atomic E-state index is 0.0126. The highest BCUT2D eigenvalue weighted by atomic mass is 16.3. The molecule has 1 atom stereocenters. The molecule has 2 aromatic carbocycles. The lowest BCUT2D eigenvalue weighted by Crippen LogP contribution is -2.49. The van der Waals surface area contributed by atoms with E-state index in [-0.39, 0.29) is 11.9 Å². The first-order chi connectivity index (χ1) is 14.3. The molecule has 6 heteroatoms. The van der Waals surface area contributed by atoms with Crippen molar-refractivity contribution < 1.29 is 9.21 Å². The highest BCUT2D eigenvalue weighted by Gasteiger charge is 2.33. The maximum Gasteiger partial charge on any atom is 0.238 e. The molecular weight excluding hydrogens is 364 g/mol. The van der Waals surface area contributed by atoms with Gasteiger partial charge in [0.15, 0.2) is 0 Å². The molecule has 29 heavy (non-hydrogen) atoms. The van der Waals surface area contributed by atoms with E-state index in [4.69, 9.17) is 4.42 Å². The normalized spacial score (nSPS) is 16.6. The van der Waals surface area contributed by atoms with Crippen LogP contribution in [0.3, 0.4) is 0 Å². The number of imidazole rings is 1. The van der Waals surface area contributed by atoms with Gasteiger partial charge in [0.05, 0.1) is 30.3 Å². The number of aromatic nitrogens is 2. The van der Waals surface area contributed by atoms with Gasteiger partial charge in [-0.1, -0.05) is 48.5 Å². The highest BCUT2D eigenvalue weighted by Crippen LogP contribution is 2.26. The Morgan fingerprint density at radius 3 is 2.86 bits per heavy atom. The van der Waals surface area contributed by atoms with E-state index >= 15 is 0 Å². The van der Waals surface area contributed by atoms with Gasteiger partial charge in [0.2, 0.25) is 5.91 Å². The Labute approximate surface area is 168 Å². The molecule has 2 N–H and O–H groups in total. The first-order valence-electron chi connectivity index (χ1n) is 9.80. The molecule has 6 nitrogen and oxygen atoms in total. The predicted molar refractivity (Wildman–Crippen MR) is 110 cm³/mol. The van der Waals surface area contributed by atoms with Gasteiger partial charge < -0.3 is 14.7 Å². The van der Waals surface area contributed by atoms with Crippen molar-refractivity contribution in [1.29, 1.82) is 0 Å². The van der Waals surface area contributed by atoms with Gasteiger partial charge in [0.1, 0.15) is 11.3 Å². The highest BCUT2D eigenvalue weighted by molar-refractivity contribution is 5.82. The Bertz CT molecular complexity index is 1100. The molecule has 146 valence electrons. The van der Waals surface area contributed by atoms with Crippen LogP contribution in [-0.2, 0) is 30.8 Å². The number of benzene rings is 2. The van der Waals surface area contributed by atoms with Gasteiger partial charge in [0, 0.05) is 24.9 Å². The summed E-state index contributed by atoms with van der Waals surface area (Å²) in [5.74, 6) is 0.869. The van der Waals surface area contributed by atoms with Crippen molar-refractivity contribution in [1.82, 2.24) is 20.2 Å². The Kier molecular flexibility index (Phi) is 4.62. The van der Waals surface area contributed by atoms with Crippen LogP contribution in [0.15, 0.2) is 71.4 Å². The molecule has 0 bridgehead atoms. The second kappa shape index (κ2) is 7.56. The zero-order valence-corrected chi connectivity index (χ0v) is 16.0. The van der Waals surface area contributed by atoms with Gasteiger partial charge in [-0.05, 0) is 17.7 Å². The van der Waals surface area contributed by atoms with Crippen LogP contribution < -0.4 is 5.32 Å². The quantitative estimate of drug-likeness (QED) is 0.551. The fourth-order valence-corrected chi connectivity index (χ4v) is 3.93. The number of furan rings is 1. The summed E-state index contributed by atoms with van der Waals surface area (Å²) in [4.78, 5) is 22.8. The summed E-state index contributed by atoms with van der Waals surface area (Å²) in [6.07, 6.45) is 2.29. The number of carbonyl (C=O) groups is 1.